The van der Waals surface area contributed by atoms with E-state index < -0.39 is 21.9 Å². The summed E-state index contributed by atoms with van der Waals surface area (Å²) in [6.45, 7) is 1.09. The van der Waals surface area contributed by atoms with Crippen molar-refractivity contribution in [1.29, 1.82) is 0 Å². The molecule has 0 aliphatic heterocycles. The van der Waals surface area contributed by atoms with Crippen molar-refractivity contribution in [3.05, 3.63) is 0 Å². The minimum absolute atomic E-state index is 0.667. The van der Waals surface area contributed by atoms with Gasteiger partial charge < -0.3 is 10.4 Å². The highest BCUT2D eigenvalue weighted by Crippen LogP contribution is 2.19. The lowest BCUT2D eigenvalue weighted by molar-refractivity contribution is -0.143. The topological polar surface area (TPSA) is 66.4 Å². The van der Waals surface area contributed by atoms with Gasteiger partial charge >= 0.3 is 5.97 Å². The minimum atomic E-state index is -2.30. The first-order valence-electron chi connectivity index (χ1n) is 3.22. The standard InChI is InChI=1S/C5H6B3NO3S/c1-2(10)9-4(6,3(11)12)5(7,8)13/h13H,1H3,(H,9,10)(H,11,12)/t4-/m1/s1. The third-order valence-corrected chi connectivity index (χ3v) is 1.69. The van der Waals surface area contributed by atoms with Crippen molar-refractivity contribution >= 4 is 48.0 Å². The molecular weight excluding hydrogens is 187 g/mol. The first kappa shape index (κ1) is 12.5. The average Bonchev–Trinajstić information content (AvgIpc) is 1.82. The molecule has 1 amide bonds. The number of carboxylic acids is 1. The van der Waals surface area contributed by atoms with E-state index in [1.54, 1.807) is 0 Å². The van der Waals surface area contributed by atoms with Crippen molar-refractivity contribution in [1.82, 2.24) is 5.32 Å². The first-order chi connectivity index (χ1) is 5.61. The second-order valence-electron chi connectivity index (χ2n) is 2.62. The van der Waals surface area contributed by atoms with Gasteiger partial charge in [0, 0.05) is 6.92 Å². The highest BCUT2D eigenvalue weighted by Gasteiger charge is 2.44. The lowest BCUT2D eigenvalue weighted by atomic mass is 9.50. The van der Waals surface area contributed by atoms with Crippen LogP contribution in [0.5, 0.6) is 0 Å². The highest BCUT2D eigenvalue weighted by atomic mass is 32.1. The Morgan fingerprint density at radius 1 is 1.38 bits per heavy atom. The maximum atomic E-state index is 10.7. The van der Waals surface area contributed by atoms with Gasteiger partial charge in [0.05, 0.1) is 21.1 Å². The normalized spacial score (nSPS) is 15.8. The predicted octanol–water partition coefficient (Wildman–Crippen LogP) is -2.01. The fraction of sp³-hybridized carbons (Fsp3) is 0.600. The molecule has 0 rings (SSSR count). The molecule has 0 unspecified atom stereocenters. The summed E-state index contributed by atoms with van der Waals surface area (Å²) in [5.74, 6) is -2.23. The summed E-state index contributed by atoms with van der Waals surface area (Å²) in [5, 5.41) is 10.6. The number of carbonyl (C=O) groups excluding carboxylic acids is 1. The lowest BCUT2D eigenvalue weighted by Gasteiger charge is -2.39. The van der Waals surface area contributed by atoms with Crippen molar-refractivity contribution in [2.24, 2.45) is 0 Å². The summed E-state index contributed by atoms with van der Waals surface area (Å²) >= 11 is 3.58. The number of carbonyl (C=O) groups is 2. The Hall–Kier alpha value is -0.515. The van der Waals surface area contributed by atoms with Crippen LogP contribution in [0.1, 0.15) is 6.92 Å². The monoisotopic (exact) mass is 193 g/mol. The van der Waals surface area contributed by atoms with Crippen LogP contribution in [0, 0.1) is 0 Å². The van der Waals surface area contributed by atoms with Crippen molar-refractivity contribution in [3.8, 4) is 0 Å². The summed E-state index contributed by atoms with van der Waals surface area (Å²) in [6.07, 6.45) is 0. The van der Waals surface area contributed by atoms with Crippen molar-refractivity contribution in [2.45, 2.75) is 16.9 Å². The Morgan fingerprint density at radius 3 is 1.85 bits per heavy atom. The third kappa shape index (κ3) is 2.72. The van der Waals surface area contributed by atoms with Gasteiger partial charge in [0.2, 0.25) is 5.91 Å². The van der Waals surface area contributed by atoms with E-state index in [0.29, 0.717) is 0 Å². The molecule has 8 heteroatoms. The van der Waals surface area contributed by atoms with Gasteiger partial charge in [0.15, 0.2) is 0 Å². The van der Waals surface area contributed by atoms with Crippen LogP contribution in [-0.2, 0) is 9.59 Å². The van der Waals surface area contributed by atoms with E-state index in [2.05, 4.69) is 12.6 Å². The van der Waals surface area contributed by atoms with Gasteiger partial charge in [-0.15, -0.1) is 0 Å². The second-order valence-corrected chi connectivity index (χ2v) is 3.36. The van der Waals surface area contributed by atoms with Gasteiger partial charge in [0.1, 0.15) is 7.85 Å². The van der Waals surface area contributed by atoms with Crippen LogP contribution in [0.2, 0.25) is 0 Å². The third-order valence-electron chi connectivity index (χ3n) is 1.34. The number of hydrogen-bond donors (Lipinski definition) is 3. The lowest BCUT2D eigenvalue weighted by Crippen LogP contribution is -2.67. The molecule has 0 aromatic rings. The fourth-order valence-electron chi connectivity index (χ4n) is 0.603. The molecule has 0 fully saturated rings. The summed E-state index contributed by atoms with van der Waals surface area (Å²) in [7, 11) is 15.6. The molecule has 0 aromatic heterocycles. The maximum Gasteiger partial charge on any atom is 0.319 e. The van der Waals surface area contributed by atoms with Crippen LogP contribution >= 0.6 is 12.6 Å². The fourth-order valence-corrected chi connectivity index (χ4v) is 0.754. The molecule has 2 N–H and O–H groups in total. The average molecular weight is 193 g/mol. The van der Waals surface area contributed by atoms with Crippen LogP contribution in [0.3, 0.4) is 0 Å². The molecule has 1 atom stereocenters. The largest absolute Gasteiger partial charge is 0.480 e. The Morgan fingerprint density at radius 2 is 1.77 bits per heavy atom. The summed E-state index contributed by atoms with van der Waals surface area (Å²) in [5.41, 5.74) is -2.30. The second kappa shape index (κ2) is 3.70. The highest BCUT2D eigenvalue weighted by molar-refractivity contribution is 7.85. The Balaban J connectivity index is 4.96. The molecule has 6 radical (unpaired) electrons. The number of aliphatic carboxylic acids is 1. The number of thiol groups is 1. The number of amides is 1. The van der Waals surface area contributed by atoms with Crippen LogP contribution in [0.15, 0.2) is 0 Å². The number of nitrogens with one attached hydrogen (secondary N) is 1. The zero-order chi connectivity index (χ0) is 10.9. The predicted molar refractivity (Wildman–Crippen MR) is 53.2 cm³/mol. The van der Waals surface area contributed by atoms with E-state index >= 15 is 0 Å². The molecule has 0 aliphatic carbocycles. The van der Waals surface area contributed by atoms with E-state index in [1.165, 1.54) is 0 Å². The molecule has 0 spiro atoms. The van der Waals surface area contributed by atoms with Gasteiger partial charge in [-0.3, -0.25) is 9.59 Å². The van der Waals surface area contributed by atoms with E-state index in [0.717, 1.165) is 6.92 Å². The molecule has 0 heterocycles. The zero-order valence-corrected chi connectivity index (χ0v) is 7.84. The Bertz CT molecular complexity index is 242. The van der Waals surface area contributed by atoms with E-state index in [9.17, 15) is 9.59 Å². The summed E-state index contributed by atoms with van der Waals surface area (Å²) in [6, 6.07) is 0. The van der Waals surface area contributed by atoms with Gasteiger partial charge in [-0.1, -0.05) is 0 Å². The molecule has 0 saturated carbocycles. The zero-order valence-electron chi connectivity index (χ0n) is 6.94. The van der Waals surface area contributed by atoms with E-state index in [4.69, 9.17) is 28.6 Å². The number of hydrogen-bond acceptors (Lipinski definition) is 3. The molecule has 0 bridgehead atoms. The van der Waals surface area contributed by atoms with Crippen LogP contribution in [0.4, 0.5) is 0 Å². The van der Waals surface area contributed by atoms with Crippen LogP contribution in [0.25, 0.3) is 0 Å². The molecule has 13 heavy (non-hydrogen) atoms. The molecule has 64 valence electrons. The quantitative estimate of drug-likeness (QED) is 0.358. The molecule has 0 saturated heterocycles. The summed E-state index contributed by atoms with van der Waals surface area (Å²) in [4.78, 5) is 21.3. The van der Waals surface area contributed by atoms with Crippen molar-refractivity contribution in [3.63, 3.8) is 0 Å². The van der Waals surface area contributed by atoms with Crippen molar-refractivity contribution in [2.75, 3.05) is 0 Å². The smallest absolute Gasteiger partial charge is 0.319 e. The molecular formula is C5H6B3NO3S. The van der Waals surface area contributed by atoms with Crippen LogP contribution in [-0.4, -0.2) is 50.5 Å². The minimum Gasteiger partial charge on any atom is -0.480 e. The van der Waals surface area contributed by atoms with Crippen LogP contribution < -0.4 is 5.32 Å². The van der Waals surface area contributed by atoms with Gasteiger partial charge in [-0.05, 0) is 4.55 Å². The van der Waals surface area contributed by atoms with Gasteiger partial charge in [0.25, 0.3) is 0 Å². The number of carboxylic acid groups (broad SMARTS) is 1. The molecule has 4 nitrogen and oxygen atoms in total. The summed E-state index contributed by atoms with van der Waals surface area (Å²) < 4.78 is -2.05. The van der Waals surface area contributed by atoms with E-state index in [1.807, 2.05) is 5.32 Å². The Labute approximate surface area is 85.5 Å². The number of rotatable bonds is 3. The Kier molecular flexibility index (Phi) is 3.55. The molecule has 0 aliphatic rings. The SMILES string of the molecule is [B]C([B])(S)[C@]([B])(NC(C)=O)C(=O)O. The molecule has 0 aromatic carbocycles. The first-order valence-corrected chi connectivity index (χ1v) is 3.67. The van der Waals surface area contributed by atoms with Gasteiger partial charge in [-0.25, -0.2) is 0 Å². The maximum absolute atomic E-state index is 10.7. The van der Waals surface area contributed by atoms with Gasteiger partial charge in [-0.2, -0.15) is 12.6 Å². The van der Waals surface area contributed by atoms with E-state index in [-0.39, 0.29) is 0 Å². The van der Waals surface area contributed by atoms with Crippen molar-refractivity contribution < 1.29 is 14.7 Å².